The van der Waals surface area contributed by atoms with Gasteiger partial charge in [-0.05, 0) is 31.0 Å². The second-order valence-electron chi connectivity index (χ2n) is 5.23. The minimum absolute atomic E-state index is 0.0738. The highest BCUT2D eigenvalue weighted by molar-refractivity contribution is 7.90. The van der Waals surface area contributed by atoms with Gasteiger partial charge >= 0.3 is 6.03 Å². The van der Waals surface area contributed by atoms with Crippen molar-refractivity contribution in [2.45, 2.75) is 25.2 Å². The molecule has 0 atom stereocenters. The molecule has 2 amide bonds. The van der Waals surface area contributed by atoms with Crippen LogP contribution in [0.2, 0.25) is 5.02 Å². The van der Waals surface area contributed by atoms with Crippen molar-refractivity contribution in [1.82, 2.24) is 10.3 Å². The number of carbonyl (C=O) groups is 1. The molecule has 0 aliphatic carbocycles. The Hall–Kier alpha value is -1.64. The Labute approximate surface area is 150 Å². The third kappa shape index (κ3) is 4.46. The highest BCUT2D eigenvalue weighted by Crippen LogP contribution is 2.35. The largest absolute Gasteiger partial charge is 0.338 e. The van der Waals surface area contributed by atoms with E-state index in [9.17, 15) is 13.2 Å². The highest BCUT2D eigenvalue weighted by Gasteiger charge is 2.17. The van der Waals surface area contributed by atoms with Gasteiger partial charge in [0.1, 0.15) is 0 Å². The maximum Gasteiger partial charge on any atom is 0.321 e. The molecule has 0 aliphatic rings. The Morgan fingerprint density at radius 2 is 2.08 bits per heavy atom. The SMILES string of the molecule is CCCNC(=O)Nc1nc(C)c(-c2ccc(Cl)c(S(C)(=O)=O)c2)s1. The fourth-order valence-electron chi connectivity index (χ4n) is 2.03. The number of rotatable bonds is 5. The van der Waals surface area contributed by atoms with E-state index in [-0.39, 0.29) is 15.9 Å². The smallest absolute Gasteiger partial charge is 0.321 e. The van der Waals surface area contributed by atoms with Crippen LogP contribution in [0.4, 0.5) is 9.93 Å². The summed E-state index contributed by atoms with van der Waals surface area (Å²) in [6.07, 6.45) is 1.96. The van der Waals surface area contributed by atoms with Crippen molar-refractivity contribution >= 4 is 43.9 Å². The van der Waals surface area contributed by atoms with E-state index in [2.05, 4.69) is 15.6 Å². The first-order valence-electron chi connectivity index (χ1n) is 7.24. The van der Waals surface area contributed by atoms with Crippen LogP contribution in [-0.4, -0.2) is 32.2 Å². The van der Waals surface area contributed by atoms with Gasteiger partial charge < -0.3 is 5.32 Å². The van der Waals surface area contributed by atoms with Crippen LogP contribution in [0.1, 0.15) is 19.0 Å². The summed E-state index contributed by atoms with van der Waals surface area (Å²) < 4.78 is 23.6. The summed E-state index contributed by atoms with van der Waals surface area (Å²) in [4.78, 5) is 16.9. The first-order valence-corrected chi connectivity index (χ1v) is 10.3. The molecular formula is C15H18ClN3O3S2. The van der Waals surface area contributed by atoms with Gasteiger partial charge in [0.25, 0.3) is 0 Å². The molecule has 130 valence electrons. The van der Waals surface area contributed by atoms with Crippen molar-refractivity contribution in [2.75, 3.05) is 18.1 Å². The second-order valence-corrected chi connectivity index (χ2v) is 8.62. The zero-order valence-electron chi connectivity index (χ0n) is 13.5. The van der Waals surface area contributed by atoms with Gasteiger partial charge in [-0.2, -0.15) is 0 Å². The van der Waals surface area contributed by atoms with Gasteiger partial charge in [0.15, 0.2) is 15.0 Å². The number of anilines is 1. The van der Waals surface area contributed by atoms with E-state index in [1.807, 2.05) is 6.92 Å². The summed E-state index contributed by atoms with van der Waals surface area (Å²) in [5.74, 6) is 0. The van der Waals surface area contributed by atoms with Crippen LogP contribution >= 0.6 is 22.9 Å². The van der Waals surface area contributed by atoms with Crippen LogP contribution in [0, 0.1) is 6.92 Å². The number of urea groups is 1. The minimum atomic E-state index is -3.43. The van der Waals surface area contributed by atoms with Crippen molar-refractivity contribution in [3.05, 3.63) is 28.9 Å². The number of amides is 2. The number of carbonyl (C=O) groups excluding carboxylic acids is 1. The predicted octanol–water partition coefficient (Wildman–Crippen LogP) is 3.71. The van der Waals surface area contributed by atoms with Crippen LogP contribution in [0.3, 0.4) is 0 Å². The molecule has 1 aromatic heterocycles. The van der Waals surface area contributed by atoms with E-state index in [1.54, 1.807) is 19.1 Å². The first-order chi connectivity index (χ1) is 11.2. The summed E-state index contributed by atoms with van der Waals surface area (Å²) in [5, 5.41) is 6.01. The van der Waals surface area contributed by atoms with E-state index in [0.29, 0.717) is 22.9 Å². The molecule has 0 fully saturated rings. The Morgan fingerprint density at radius 1 is 1.38 bits per heavy atom. The summed E-state index contributed by atoms with van der Waals surface area (Å²) in [5.41, 5.74) is 1.39. The highest BCUT2D eigenvalue weighted by atomic mass is 35.5. The van der Waals surface area contributed by atoms with Crippen molar-refractivity contribution in [2.24, 2.45) is 0 Å². The van der Waals surface area contributed by atoms with E-state index < -0.39 is 9.84 Å². The molecule has 1 aromatic carbocycles. The van der Waals surface area contributed by atoms with Crippen molar-refractivity contribution in [3.63, 3.8) is 0 Å². The molecule has 2 aromatic rings. The van der Waals surface area contributed by atoms with Gasteiger partial charge in [-0.3, -0.25) is 5.32 Å². The number of aryl methyl sites for hydroxylation is 1. The molecule has 2 rings (SSSR count). The average molecular weight is 388 g/mol. The number of nitrogens with zero attached hydrogens (tertiary/aromatic N) is 1. The predicted molar refractivity (Wildman–Crippen MR) is 97.7 cm³/mol. The monoisotopic (exact) mass is 387 g/mol. The number of benzene rings is 1. The summed E-state index contributed by atoms with van der Waals surface area (Å²) in [7, 11) is -3.43. The fraction of sp³-hybridized carbons (Fsp3) is 0.333. The number of nitrogens with one attached hydrogen (secondary N) is 2. The third-order valence-corrected chi connectivity index (χ3v) is 5.85. The Kier molecular flexibility index (Phi) is 5.84. The average Bonchev–Trinajstić information content (AvgIpc) is 2.85. The third-order valence-electron chi connectivity index (χ3n) is 3.15. The molecule has 0 spiro atoms. The number of thiazole rings is 1. The Bertz CT molecular complexity index is 863. The fourth-order valence-corrected chi connectivity index (χ4v) is 4.29. The summed E-state index contributed by atoms with van der Waals surface area (Å²) in [6.45, 7) is 4.35. The van der Waals surface area contributed by atoms with Crippen molar-refractivity contribution in [3.8, 4) is 10.4 Å². The second kappa shape index (κ2) is 7.50. The standard InChI is InChI=1S/C15H18ClN3O3S2/c1-4-7-17-14(20)19-15-18-9(2)13(23-15)10-5-6-11(16)12(8-10)24(3,21)22/h5-6,8H,4,7H2,1-3H3,(H2,17,18,19,20). The molecule has 0 unspecified atom stereocenters. The lowest BCUT2D eigenvalue weighted by Gasteiger charge is -2.05. The number of sulfone groups is 1. The molecular weight excluding hydrogens is 370 g/mol. The van der Waals surface area contributed by atoms with Crippen LogP contribution in [-0.2, 0) is 9.84 Å². The number of hydrogen-bond acceptors (Lipinski definition) is 5. The molecule has 0 radical (unpaired) electrons. The number of halogens is 1. The van der Waals surface area contributed by atoms with Crippen molar-refractivity contribution < 1.29 is 13.2 Å². The van der Waals surface area contributed by atoms with E-state index in [0.717, 1.165) is 17.6 Å². The Balaban J connectivity index is 2.32. The zero-order valence-corrected chi connectivity index (χ0v) is 15.9. The summed E-state index contributed by atoms with van der Waals surface area (Å²) >= 11 is 7.25. The number of aromatic nitrogens is 1. The number of hydrogen-bond donors (Lipinski definition) is 2. The normalized spacial score (nSPS) is 11.3. The van der Waals surface area contributed by atoms with Gasteiger partial charge in [-0.25, -0.2) is 18.2 Å². The van der Waals surface area contributed by atoms with Gasteiger partial charge in [0.05, 0.1) is 20.5 Å². The molecule has 0 saturated heterocycles. The van der Waals surface area contributed by atoms with E-state index >= 15 is 0 Å². The molecule has 0 aliphatic heterocycles. The lowest BCUT2D eigenvalue weighted by atomic mass is 10.2. The van der Waals surface area contributed by atoms with E-state index in [1.165, 1.54) is 17.4 Å². The molecule has 1 heterocycles. The van der Waals surface area contributed by atoms with E-state index in [4.69, 9.17) is 11.6 Å². The molecule has 6 nitrogen and oxygen atoms in total. The molecule has 0 bridgehead atoms. The lowest BCUT2D eigenvalue weighted by Crippen LogP contribution is -2.29. The van der Waals surface area contributed by atoms with Crippen molar-refractivity contribution in [1.29, 1.82) is 0 Å². The van der Waals surface area contributed by atoms with Gasteiger partial charge in [0.2, 0.25) is 0 Å². The van der Waals surface area contributed by atoms with Crippen LogP contribution in [0.25, 0.3) is 10.4 Å². The van der Waals surface area contributed by atoms with Gasteiger partial charge in [-0.15, -0.1) is 0 Å². The molecule has 0 saturated carbocycles. The van der Waals surface area contributed by atoms with Crippen LogP contribution < -0.4 is 10.6 Å². The zero-order chi connectivity index (χ0) is 17.9. The minimum Gasteiger partial charge on any atom is -0.338 e. The topological polar surface area (TPSA) is 88.2 Å². The molecule has 2 N–H and O–H groups in total. The quantitative estimate of drug-likeness (QED) is 0.818. The van der Waals surface area contributed by atoms with Gasteiger partial charge in [0, 0.05) is 12.8 Å². The lowest BCUT2D eigenvalue weighted by molar-refractivity contribution is 0.252. The molecule has 9 heteroatoms. The maximum absolute atomic E-state index is 11.8. The Morgan fingerprint density at radius 3 is 2.71 bits per heavy atom. The van der Waals surface area contributed by atoms with Crippen LogP contribution in [0.5, 0.6) is 0 Å². The first kappa shape index (κ1) is 18.7. The van der Waals surface area contributed by atoms with Crippen LogP contribution in [0.15, 0.2) is 23.1 Å². The summed E-state index contributed by atoms with van der Waals surface area (Å²) in [6, 6.07) is 4.50. The maximum atomic E-state index is 11.8. The van der Waals surface area contributed by atoms with Gasteiger partial charge in [-0.1, -0.05) is 35.9 Å². The molecule has 24 heavy (non-hydrogen) atoms.